The maximum absolute atomic E-state index is 10.6. The molecule has 4 heteroatoms. The second-order valence-corrected chi connectivity index (χ2v) is 4.16. The predicted molar refractivity (Wildman–Crippen MR) is 72.7 cm³/mol. The number of rotatable bonds is 3. The minimum atomic E-state index is -0.965. The summed E-state index contributed by atoms with van der Waals surface area (Å²) in [6, 6.07) is 9.70. The number of hydrogen-bond donors (Lipinski definition) is 1. The number of aliphatic carboxylic acids is 1. The first-order valence-corrected chi connectivity index (χ1v) is 5.56. The quantitative estimate of drug-likeness (QED) is 0.840. The van der Waals surface area contributed by atoms with Gasteiger partial charge in [0.05, 0.1) is 5.52 Å². The summed E-state index contributed by atoms with van der Waals surface area (Å²) in [6.45, 7) is 0. The zero-order valence-corrected chi connectivity index (χ0v) is 10.3. The number of fused-ring (bicyclic) bond motifs is 1. The van der Waals surface area contributed by atoms with Crippen LogP contribution in [0, 0.1) is 0 Å². The lowest BCUT2D eigenvalue weighted by Crippen LogP contribution is -2.12. The summed E-state index contributed by atoms with van der Waals surface area (Å²) in [5.41, 5.74) is 1.69. The normalized spacial score (nSPS) is 11.0. The van der Waals surface area contributed by atoms with Crippen molar-refractivity contribution in [2.75, 3.05) is 19.0 Å². The molecule has 0 saturated carbocycles. The van der Waals surface area contributed by atoms with Crippen molar-refractivity contribution in [3.63, 3.8) is 0 Å². The van der Waals surface area contributed by atoms with E-state index < -0.39 is 5.97 Å². The van der Waals surface area contributed by atoms with Crippen molar-refractivity contribution in [3.8, 4) is 0 Å². The molecule has 2 aromatic rings. The van der Waals surface area contributed by atoms with Gasteiger partial charge in [-0.2, -0.15) is 0 Å². The Balaban J connectivity index is 2.61. The maximum Gasteiger partial charge on any atom is 0.328 e. The Labute approximate surface area is 105 Å². The van der Waals surface area contributed by atoms with Gasteiger partial charge >= 0.3 is 5.97 Å². The minimum absolute atomic E-state index is 0.756. The molecular formula is C14H14N2O2. The van der Waals surface area contributed by atoms with E-state index in [4.69, 9.17) is 5.11 Å². The summed E-state index contributed by atoms with van der Waals surface area (Å²) in [6.07, 6.45) is 2.69. The summed E-state index contributed by atoms with van der Waals surface area (Å²) in [4.78, 5) is 17.0. The number of hydrogen-bond acceptors (Lipinski definition) is 3. The largest absolute Gasteiger partial charge is 0.478 e. The highest BCUT2D eigenvalue weighted by atomic mass is 16.4. The standard InChI is InChI=1S/C14H14N2O2/c1-16(2)14-11(7-8-13(17)18)9-10-5-3-4-6-12(10)15-14/h3-9H,1-2H3,(H,17,18)/b8-7+. The van der Waals surface area contributed by atoms with Crippen LogP contribution in [0.2, 0.25) is 0 Å². The Hall–Kier alpha value is -2.36. The van der Waals surface area contributed by atoms with E-state index in [1.807, 2.05) is 49.3 Å². The van der Waals surface area contributed by atoms with Gasteiger partial charge in [-0.1, -0.05) is 18.2 Å². The highest BCUT2D eigenvalue weighted by Gasteiger charge is 2.06. The van der Waals surface area contributed by atoms with Crippen LogP contribution in [0.15, 0.2) is 36.4 Å². The average molecular weight is 242 g/mol. The summed E-state index contributed by atoms with van der Waals surface area (Å²) >= 11 is 0. The molecule has 0 bridgehead atoms. The van der Waals surface area contributed by atoms with E-state index in [0.29, 0.717) is 0 Å². The Bertz CT molecular complexity index is 618. The number of nitrogens with zero attached hydrogens (tertiary/aromatic N) is 2. The van der Waals surface area contributed by atoms with Gasteiger partial charge in [-0.3, -0.25) is 0 Å². The third-order valence-electron chi connectivity index (χ3n) is 2.56. The number of pyridine rings is 1. The van der Waals surface area contributed by atoms with Crippen molar-refractivity contribution in [1.82, 2.24) is 4.98 Å². The van der Waals surface area contributed by atoms with Gasteiger partial charge in [0.2, 0.25) is 0 Å². The molecule has 0 spiro atoms. The zero-order chi connectivity index (χ0) is 13.1. The maximum atomic E-state index is 10.6. The van der Waals surface area contributed by atoms with Crippen molar-refractivity contribution in [2.45, 2.75) is 0 Å². The molecule has 0 saturated heterocycles. The number of benzene rings is 1. The van der Waals surface area contributed by atoms with Crippen LogP contribution in [0.5, 0.6) is 0 Å². The molecule has 0 radical (unpaired) electrons. The summed E-state index contributed by atoms with van der Waals surface area (Å²) < 4.78 is 0. The van der Waals surface area contributed by atoms with Crippen molar-refractivity contribution in [2.24, 2.45) is 0 Å². The fourth-order valence-electron chi connectivity index (χ4n) is 1.76. The van der Waals surface area contributed by atoms with Crippen molar-refractivity contribution in [3.05, 3.63) is 42.0 Å². The van der Waals surface area contributed by atoms with Crippen LogP contribution in [0.25, 0.3) is 17.0 Å². The topological polar surface area (TPSA) is 53.4 Å². The second-order valence-electron chi connectivity index (χ2n) is 4.16. The molecule has 2 rings (SSSR count). The second kappa shape index (κ2) is 4.87. The number of para-hydroxylation sites is 1. The van der Waals surface area contributed by atoms with Gasteiger partial charge in [-0.25, -0.2) is 9.78 Å². The lowest BCUT2D eigenvalue weighted by molar-refractivity contribution is -0.131. The van der Waals surface area contributed by atoms with Gasteiger partial charge in [0.1, 0.15) is 5.82 Å². The number of aromatic nitrogens is 1. The van der Waals surface area contributed by atoms with Crippen molar-refractivity contribution >= 4 is 28.8 Å². The lowest BCUT2D eigenvalue weighted by atomic mass is 10.1. The highest BCUT2D eigenvalue weighted by molar-refractivity contribution is 5.90. The molecule has 1 heterocycles. The molecular weight excluding hydrogens is 228 g/mol. The van der Waals surface area contributed by atoms with Gasteiger partial charge in [-0.15, -0.1) is 0 Å². The van der Waals surface area contributed by atoms with Gasteiger partial charge in [0.25, 0.3) is 0 Å². The van der Waals surface area contributed by atoms with Crippen molar-refractivity contribution < 1.29 is 9.90 Å². The molecule has 1 N–H and O–H groups in total. The van der Waals surface area contributed by atoms with Crippen LogP contribution in [0.4, 0.5) is 5.82 Å². The minimum Gasteiger partial charge on any atom is -0.478 e. The van der Waals surface area contributed by atoms with Crippen molar-refractivity contribution in [1.29, 1.82) is 0 Å². The molecule has 18 heavy (non-hydrogen) atoms. The van der Waals surface area contributed by atoms with Crippen LogP contribution in [0.1, 0.15) is 5.56 Å². The number of carbonyl (C=O) groups is 1. The van der Waals surface area contributed by atoms with E-state index in [1.165, 1.54) is 0 Å². The van der Waals surface area contributed by atoms with Gasteiger partial charge in [-0.05, 0) is 18.2 Å². The molecule has 4 nitrogen and oxygen atoms in total. The zero-order valence-electron chi connectivity index (χ0n) is 10.3. The van der Waals surface area contributed by atoms with Crippen LogP contribution >= 0.6 is 0 Å². The fourth-order valence-corrected chi connectivity index (χ4v) is 1.76. The SMILES string of the molecule is CN(C)c1nc2ccccc2cc1/C=C/C(=O)O. The molecule has 0 aliphatic rings. The molecule has 0 aliphatic carbocycles. The predicted octanol–water partition coefficient (Wildman–Crippen LogP) is 2.40. The van der Waals surface area contributed by atoms with E-state index >= 15 is 0 Å². The van der Waals surface area contributed by atoms with E-state index in [0.717, 1.165) is 28.4 Å². The molecule has 0 unspecified atom stereocenters. The Morgan fingerprint density at radius 3 is 2.72 bits per heavy atom. The van der Waals surface area contributed by atoms with Crippen LogP contribution < -0.4 is 4.90 Å². The van der Waals surface area contributed by atoms with Gasteiger partial charge in [0.15, 0.2) is 0 Å². The fraction of sp³-hybridized carbons (Fsp3) is 0.143. The first-order chi connectivity index (χ1) is 8.58. The molecule has 1 aromatic carbocycles. The third kappa shape index (κ3) is 2.48. The number of carboxylic acid groups (broad SMARTS) is 1. The Kier molecular flexibility index (Phi) is 3.28. The van der Waals surface area contributed by atoms with Crippen LogP contribution in [-0.2, 0) is 4.79 Å². The smallest absolute Gasteiger partial charge is 0.328 e. The van der Waals surface area contributed by atoms with Crippen LogP contribution in [-0.4, -0.2) is 30.2 Å². The lowest BCUT2D eigenvalue weighted by Gasteiger charge is -2.15. The van der Waals surface area contributed by atoms with E-state index in [2.05, 4.69) is 4.98 Å². The van der Waals surface area contributed by atoms with Crippen LogP contribution in [0.3, 0.4) is 0 Å². The first-order valence-electron chi connectivity index (χ1n) is 5.56. The highest BCUT2D eigenvalue weighted by Crippen LogP contribution is 2.23. The Morgan fingerprint density at radius 1 is 1.33 bits per heavy atom. The van der Waals surface area contributed by atoms with E-state index in [-0.39, 0.29) is 0 Å². The third-order valence-corrected chi connectivity index (χ3v) is 2.56. The molecule has 0 atom stereocenters. The molecule has 1 aromatic heterocycles. The molecule has 0 aliphatic heterocycles. The number of carboxylic acids is 1. The molecule has 0 amide bonds. The summed E-state index contributed by atoms with van der Waals surface area (Å²) in [5, 5.41) is 9.69. The summed E-state index contributed by atoms with van der Waals surface area (Å²) in [7, 11) is 3.77. The number of anilines is 1. The monoisotopic (exact) mass is 242 g/mol. The van der Waals surface area contributed by atoms with Gasteiger partial charge < -0.3 is 10.0 Å². The molecule has 92 valence electrons. The summed E-state index contributed by atoms with van der Waals surface area (Å²) in [5.74, 6) is -0.209. The van der Waals surface area contributed by atoms with E-state index in [1.54, 1.807) is 6.08 Å². The molecule has 0 fully saturated rings. The first kappa shape index (κ1) is 12.1. The average Bonchev–Trinajstić information content (AvgIpc) is 2.35. The Morgan fingerprint density at radius 2 is 2.06 bits per heavy atom. The van der Waals surface area contributed by atoms with Gasteiger partial charge in [0, 0.05) is 31.1 Å². The van der Waals surface area contributed by atoms with E-state index in [9.17, 15) is 4.79 Å².